The zero-order chi connectivity index (χ0) is 25.5. The van der Waals surface area contributed by atoms with Crippen LogP contribution in [0, 0.1) is 0 Å². The Kier molecular flexibility index (Phi) is 5.72. The van der Waals surface area contributed by atoms with Gasteiger partial charge in [0.25, 0.3) is 0 Å². The molecular weight excluding hydrogens is 464 g/mol. The summed E-state index contributed by atoms with van der Waals surface area (Å²) in [6.07, 6.45) is 2.99. The van der Waals surface area contributed by atoms with Crippen LogP contribution >= 0.6 is 0 Å². The van der Waals surface area contributed by atoms with Crippen molar-refractivity contribution in [3.05, 3.63) is 101 Å². The van der Waals surface area contributed by atoms with E-state index in [-0.39, 0.29) is 17.7 Å². The number of ketones is 1. The predicted octanol–water partition coefficient (Wildman–Crippen LogP) is 6.24. The highest BCUT2D eigenvalue weighted by Crippen LogP contribution is 2.51. The maximum absolute atomic E-state index is 13.9. The van der Waals surface area contributed by atoms with E-state index in [1.807, 2.05) is 48.5 Å². The number of aromatic nitrogens is 1. The van der Waals surface area contributed by atoms with Crippen LogP contribution in [0.25, 0.3) is 16.5 Å². The molecule has 1 aromatic heterocycles. The molecule has 6 heteroatoms. The number of fused-ring (bicyclic) bond motifs is 4. The minimum absolute atomic E-state index is 0.104. The molecule has 2 unspecified atom stereocenters. The summed E-state index contributed by atoms with van der Waals surface area (Å²) in [4.78, 5) is 30.0. The van der Waals surface area contributed by atoms with Gasteiger partial charge in [0, 0.05) is 41.8 Å². The Labute approximate surface area is 214 Å². The number of nitrogens with one attached hydrogen (secondary N) is 1. The van der Waals surface area contributed by atoms with Crippen LogP contribution in [0.3, 0.4) is 0 Å². The zero-order valence-corrected chi connectivity index (χ0v) is 20.7. The van der Waals surface area contributed by atoms with E-state index in [0.29, 0.717) is 17.9 Å². The standard InChI is InChI=1S/C31H26N2O4/c1-18(34)37-27-13-10-20(17-28(27)36-2)31-30-23(15-21(16-26(30)35)19-7-4-3-5-8-19)29-22-9-6-14-32-24(22)11-12-25(29)33-31/h3-14,17,21,31,33H,15-16H2,1-2H3. The number of Topliss-reactive ketones (excluding diaryl/α,β-unsaturated/α-hetero) is 1. The number of nitrogens with zero attached hydrogens (tertiary/aromatic N) is 1. The summed E-state index contributed by atoms with van der Waals surface area (Å²) in [7, 11) is 1.54. The first-order valence-corrected chi connectivity index (χ1v) is 12.4. The summed E-state index contributed by atoms with van der Waals surface area (Å²) >= 11 is 0. The fraction of sp³-hybridized carbons (Fsp3) is 0.194. The van der Waals surface area contributed by atoms with Gasteiger partial charge in [0.1, 0.15) is 0 Å². The van der Waals surface area contributed by atoms with Crippen molar-refractivity contribution in [1.29, 1.82) is 0 Å². The number of methoxy groups -OCH3 is 1. The topological polar surface area (TPSA) is 77.5 Å². The number of allylic oxidation sites excluding steroid dienone is 1. The van der Waals surface area contributed by atoms with Gasteiger partial charge in [-0.15, -0.1) is 0 Å². The second-order valence-electron chi connectivity index (χ2n) is 9.47. The first kappa shape index (κ1) is 23.0. The fourth-order valence-electron chi connectivity index (χ4n) is 5.64. The number of hydrogen-bond acceptors (Lipinski definition) is 6. The number of benzene rings is 3. The average molecular weight is 491 g/mol. The summed E-state index contributed by atoms with van der Waals surface area (Å²) in [5, 5.41) is 4.66. The Morgan fingerprint density at radius 2 is 1.78 bits per heavy atom. The maximum Gasteiger partial charge on any atom is 0.308 e. The molecule has 4 aromatic rings. The van der Waals surface area contributed by atoms with E-state index in [4.69, 9.17) is 9.47 Å². The summed E-state index contributed by atoms with van der Waals surface area (Å²) in [5.74, 6) is 0.598. The van der Waals surface area contributed by atoms with E-state index >= 15 is 0 Å². The molecule has 0 radical (unpaired) electrons. The Bertz CT molecular complexity index is 1580. The molecule has 6 nitrogen and oxygen atoms in total. The Balaban J connectivity index is 1.53. The molecule has 0 saturated heterocycles. The van der Waals surface area contributed by atoms with Gasteiger partial charge in [0.2, 0.25) is 0 Å². The van der Waals surface area contributed by atoms with Crippen molar-refractivity contribution in [1.82, 2.24) is 4.98 Å². The summed E-state index contributed by atoms with van der Waals surface area (Å²) in [6, 6.07) is 23.4. The molecule has 184 valence electrons. The lowest BCUT2D eigenvalue weighted by atomic mass is 9.72. The lowest BCUT2D eigenvalue weighted by molar-refractivity contribution is -0.132. The number of carbonyl (C=O) groups is 2. The third kappa shape index (κ3) is 4.04. The first-order chi connectivity index (χ1) is 18.0. The number of ether oxygens (including phenoxy) is 2. The molecule has 37 heavy (non-hydrogen) atoms. The van der Waals surface area contributed by atoms with Crippen LogP contribution < -0.4 is 14.8 Å². The van der Waals surface area contributed by atoms with E-state index in [1.165, 1.54) is 19.6 Å². The zero-order valence-electron chi connectivity index (χ0n) is 20.7. The van der Waals surface area contributed by atoms with Gasteiger partial charge in [-0.1, -0.05) is 42.5 Å². The van der Waals surface area contributed by atoms with Crippen LogP contribution in [0.4, 0.5) is 5.69 Å². The maximum atomic E-state index is 13.9. The van der Waals surface area contributed by atoms with Crippen molar-refractivity contribution in [3.8, 4) is 11.5 Å². The smallest absolute Gasteiger partial charge is 0.308 e. The molecule has 1 aliphatic carbocycles. The number of anilines is 1. The second kappa shape index (κ2) is 9.21. The van der Waals surface area contributed by atoms with Crippen molar-refractivity contribution in [2.45, 2.75) is 31.7 Å². The Morgan fingerprint density at radius 1 is 0.946 bits per heavy atom. The minimum atomic E-state index is -0.421. The van der Waals surface area contributed by atoms with Gasteiger partial charge in [-0.25, -0.2) is 0 Å². The second-order valence-corrected chi connectivity index (χ2v) is 9.47. The van der Waals surface area contributed by atoms with Crippen molar-refractivity contribution in [3.63, 3.8) is 0 Å². The molecule has 0 fully saturated rings. The van der Waals surface area contributed by atoms with E-state index < -0.39 is 5.97 Å². The molecule has 0 bridgehead atoms. The normalized spacial score (nSPS) is 18.6. The van der Waals surface area contributed by atoms with E-state index in [2.05, 4.69) is 28.5 Å². The number of esters is 1. The molecule has 1 aliphatic heterocycles. The Hall–Kier alpha value is -4.45. The third-order valence-corrected chi connectivity index (χ3v) is 7.23. The molecule has 0 spiro atoms. The first-order valence-electron chi connectivity index (χ1n) is 12.4. The number of carbonyl (C=O) groups excluding carboxylic acids is 2. The Morgan fingerprint density at radius 3 is 2.57 bits per heavy atom. The highest BCUT2D eigenvalue weighted by atomic mass is 16.6. The van der Waals surface area contributed by atoms with Crippen LogP contribution in [0.1, 0.15) is 48.4 Å². The monoisotopic (exact) mass is 490 g/mol. The molecule has 6 rings (SSSR count). The molecule has 0 saturated carbocycles. The van der Waals surface area contributed by atoms with Gasteiger partial charge in [-0.05, 0) is 59.4 Å². The quantitative estimate of drug-likeness (QED) is 0.270. The van der Waals surface area contributed by atoms with E-state index in [0.717, 1.165) is 45.3 Å². The summed E-state index contributed by atoms with van der Waals surface area (Å²) < 4.78 is 10.8. The van der Waals surface area contributed by atoms with Gasteiger partial charge in [-0.2, -0.15) is 0 Å². The van der Waals surface area contributed by atoms with Crippen molar-refractivity contribution >= 4 is 33.9 Å². The largest absolute Gasteiger partial charge is 0.493 e. The fourth-order valence-corrected chi connectivity index (χ4v) is 5.64. The van der Waals surface area contributed by atoms with Gasteiger partial charge >= 0.3 is 5.97 Å². The van der Waals surface area contributed by atoms with E-state index in [9.17, 15) is 9.59 Å². The average Bonchev–Trinajstić information content (AvgIpc) is 2.92. The molecular formula is C31H26N2O4. The summed E-state index contributed by atoms with van der Waals surface area (Å²) in [5.41, 5.74) is 6.79. The van der Waals surface area contributed by atoms with Crippen molar-refractivity contribution in [2.24, 2.45) is 0 Å². The highest BCUT2D eigenvalue weighted by molar-refractivity contribution is 6.12. The van der Waals surface area contributed by atoms with Crippen LogP contribution in [0.15, 0.2) is 84.6 Å². The number of rotatable bonds is 4. The van der Waals surface area contributed by atoms with Crippen LogP contribution in [0.2, 0.25) is 0 Å². The summed E-state index contributed by atoms with van der Waals surface area (Å²) in [6.45, 7) is 1.35. The van der Waals surface area contributed by atoms with Crippen molar-refractivity contribution < 1.29 is 19.1 Å². The van der Waals surface area contributed by atoms with Crippen LogP contribution in [0.5, 0.6) is 11.5 Å². The molecule has 2 aliphatic rings. The minimum Gasteiger partial charge on any atom is -0.493 e. The molecule has 2 atom stereocenters. The van der Waals surface area contributed by atoms with Crippen molar-refractivity contribution in [2.75, 3.05) is 12.4 Å². The number of hydrogen-bond donors (Lipinski definition) is 1. The molecule has 0 amide bonds. The van der Waals surface area contributed by atoms with E-state index in [1.54, 1.807) is 12.3 Å². The predicted molar refractivity (Wildman–Crippen MR) is 143 cm³/mol. The van der Waals surface area contributed by atoms with Gasteiger partial charge < -0.3 is 14.8 Å². The van der Waals surface area contributed by atoms with Gasteiger partial charge in [0.05, 0.1) is 18.7 Å². The lowest BCUT2D eigenvalue weighted by Crippen LogP contribution is -2.29. The molecule has 1 N–H and O–H groups in total. The molecule has 3 aromatic carbocycles. The van der Waals surface area contributed by atoms with Crippen LogP contribution in [-0.4, -0.2) is 23.8 Å². The molecule has 2 heterocycles. The van der Waals surface area contributed by atoms with Gasteiger partial charge in [0.15, 0.2) is 17.3 Å². The third-order valence-electron chi connectivity index (χ3n) is 7.23. The number of pyridine rings is 1. The highest BCUT2D eigenvalue weighted by Gasteiger charge is 2.38. The van der Waals surface area contributed by atoms with Crippen LogP contribution in [-0.2, 0) is 9.59 Å². The van der Waals surface area contributed by atoms with Gasteiger partial charge in [-0.3, -0.25) is 14.6 Å². The lowest BCUT2D eigenvalue weighted by Gasteiger charge is -2.37. The SMILES string of the molecule is COc1cc(C2Nc3ccc4ncccc4c3C3=C2C(=O)CC(c2ccccc2)C3)ccc1OC(C)=O.